The Morgan fingerprint density at radius 2 is 2.17 bits per heavy atom. The molecule has 0 aromatic carbocycles. The zero-order chi connectivity index (χ0) is 13.7. The van der Waals surface area contributed by atoms with E-state index in [4.69, 9.17) is 5.11 Å². The van der Waals surface area contributed by atoms with Gasteiger partial charge >= 0.3 is 12.0 Å². The van der Waals surface area contributed by atoms with E-state index < -0.39 is 5.97 Å². The number of thiophene rings is 1. The molecule has 1 aromatic rings. The molecule has 0 bridgehead atoms. The maximum absolute atomic E-state index is 12.0. The van der Waals surface area contributed by atoms with Crippen LogP contribution in [0.4, 0.5) is 9.80 Å². The molecule has 0 spiro atoms. The predicted molar refractivity (Wildman–Crippen MR) is 72.4 cm³/mol. The molecule has 6 heteroatoms. The van der Waals surface area contributed by atoms with Crippen LogP contribution in [0.2, 0.25) is 0 Å². The van der Waals surface area contributed by atoms with Gasteiger partial charge in [0.05, 0.1) is 5.56 Å². The summed E-state index contributed by atoms with van der Waals surface area (Å²) in [6, 6.07) is 1.32. The molecule has 0 atom stereocenters. The van der Waals surface area contributed by atoms with Gasteiger partial charge < -0.3 is 10.0 Å². The normalized spacial score (nSPS) is 10.4. The topological polar surface area (TPSA) is 69.6 Å². The Bertz CT molecular complexity index is 429. The lowest BCUT2D eigenvalue weighted by Gasteiger charge is -2.26. The molecule has 1 rings (SSSR count). The molecule has 0 aliphatic rings. The third-order valence-corrected chi connectivity index (χ3v) is 3.29. The molecule has 2 amide bonds. The van der Waals surface area contributed by atoms with Crippen LogP contribution < -0.4 is 5.32 Å². The lowest BCUT2D eigenvalue weighted by Crippen LogP contribution is -2.40. The average molecular weight is 270 g/mol. The van der Waals surface area contributed by atoms with Gasteiger partial charge in [-0.3, -0.25) is 5.32 Å². The molecule has 1 heterocycles. The fourth-order valence-electron chi connectivity index (χ4n) is 1.58. The molecule has 0 saturated carbocycles. The van der Waals surface area contributed by atoms with Gasteiger partial charge in [-0.05, 0) is 31.7 Å². The van der Waals surface area contributed by atoms with Gasteiger partial charge in [0, 0.05) is 12.6 Å². The fraction of sp³-hybridized carbons (Fsp3) is 0.500. The van der Waals surface area contributed by atoms with Crippen molar-refractivity contribution in [1.82, 2.24) is 4.90 Å². The molecule has 0 fully saturated rings. The van der Waals surface area contributed by atoms with Crippen LogP contribution in [0.15, 0.2) is 11.4 Å². The Balaban J connectivity index is 2.79. The Kier molecular flexibility index (Phi) is 5.15. The van der Waals surface area contributed by atoms with Gasteiger partial charge in [0.2, 0.25) is 0 Å². The summed E-state index contributed by atoms with van der Waals surface area (Å²) >= 11 is 1.21. The summed E-state index contributed by atoms with van der Waals surface area (Å²) in [5.74, 6) is -1.03. The van der Waals surface area contributed by atoms with Crippen LogP contribution >= 0.6 is 11.3 Å². The van der Waals surface area contributed by atoms with Gasteiger partial charge in [0.1, 0.15) is 5.00 Å². The molecule has 0 aliphatic heterocycles. The van der Waals surface area contributed by atoms with Crippen molar-refractivity contribution in [3.05, 3.63) is 17.0 Å². The number of aromatic carboxylic acids is 1. The van der Waals surface area contributed by atoms with E-state index in [2.05, 4.69) is 5.32 Å². The molecule has 2 N–H and O–H groups in total. The van der Waals surface area contributed by atoms with Gasteiger partial charge in [-0.15, -0.1) is 11.3 Å². The molecule has 0 saturated heterocycles. The number of carboxylic acids is 1. The molecule has 0 aliphatic carbocycles. The third kappa shape index (κ3) is 3.46. The van der Waals surface area contributed by atoms with Crippen LogP contribution in [-0.2, 0) is 0 Å². The molecule has 0 radical (unpaired) electrons. The second kappa shape index (κ2) is 6.39. The van der Waals surface area contributed by atoms with Crippen molar-refractivity contribution in [2.75, 3.05) is 11.9 Å². The Hall–Kier alpha value is -1.56. The molecule has 18 heavy (non-hydrogen) atoms. The van der Waals surface area contributed by atoms with Crippen LogP contribution in [0.25, 0.3) is 0 Å². The zero-order valence-corrected chi connectivity index (χ0v) is 11.6. The molecular formula is C12H18N2O3S. The fourth-order valence-corrected chi connectivity index (χ4v) is 2.35. The molecule has 5 nitrogen and oxygen atoms in total. The summed E-state index contributed by atoms with van der Waals surface area (Å²) in [7, 11) is 0. The first kappa shape index (κ1) is 14.5. The smallest absolute Gasteiger partial charge is 0.338 e. The summed E-state index contributed by atoms with van der Waals surface area (Å²) in [6.07, 6.45) is 0.863. The Labute approximate surface area is 110 Å². The van der Waals surface area contributed by atoms with Gasteiger partial charge in [-0.25, -0.2) is 9.59 Å². The number of carboxylic acid groups (broad SMARTS) is 1. The minimum absolute atomic E-state index is 0.0817. The first-order valence-corrected chi connectivity index (χ1v) is 6.73. The summed E-state index contributed by atoms with van der Waals surface area (Å²) in [5.41, 5.74) is 0.133. The van der Waals surface area contributed by atoms with Gasteiger partial charge in [0.15, 0.2) is 0 Å². The number of amides is 2. The van der Waals surface area contributed by atoms with E-state index in [1.54, 1.807) is 10.3 Å². The first-order chi connectivity index (χ1) is 8.47. The Morgan fingerprint density at radius 1 is 1.50 bits per heavy atom. The highest BCUT2D eigenvalue weighted by Gasteiger charge is 2.19. The van der Waals surface area contributed by atoms with Crippen molar-refractivity contribution in [1.29, 1.82) is 0 Å². The number of anilines is 1. The van der Waals surface area contributed by atoms with Crippen molar-refractivity contribution in [3.63, 3.8) is 0 Å². The number of nitrogens with zero attached hydrogens (tertiary/aromatic N) is 1. The van der Waals surface area contributed by atoms with Crippen molar-refractivity contribution in [2.45, 2.75) is 33.2 Å². The van der Waals surface area contributed by atoms with Crippen molar-refractivity contribution >= 4 is 28.3 Å². The molecular weight excluding hydrogens is 252 g/mol. The number of carbonyl (C=O) groups excluding carboxylic acids is 1. The number of nitrogens with one attached hydrogen (secondary N) is 1. The maximum Gasteiger partial charge on any atom is 0.338 e. The van der Waals surface area contributed by atoms with E-state index in [1.807, 2.05) is 20.8 Å². The van der Waals surface area contributed by atoms with E-state index in [1.165, 1.54) is 17.4 Å². The Morgan fingerprint density at radius 3 is 2.67 bits per heavy atom. The van der Waals surface area contributed by atoms with E-state index in [0.717, 1.165) is 6.42 Å². The monoisotopic (exact) mass is 270 g/mol. The number of hydrogen-bond donors (Lipinski definition) is 2. The van der Waals surface area contributed by atoms with Crippen LogP contribution in [0, 0.1) is 0 Å². The number of hydrogen-bond acceptors (Lipinski definition) is 3. The quantitative estimate of drug-likeness (QED) is 0.863. The lowest BCUT2D eigenvalue weighted by atomic mass is 10.3. The standard InChI is InChI=1S/C12H18N2O3S/c1-4-6-14(8(2)3)12(17)13-10-9(11(15)16)5-7-18-10/h5,7-8H,4,6H2,1-3H3,(H,13,17)(H,15,16). The summed E-state index contributed by atoms with van der Waals surface area (Å²) in [6.45, 7) is 6.51. The minimum Gasteiger partial charge on any atom is -0.478 e. The van der Waals surface area contributed by atoms with E-state index in [-0.39, 0.29) is 17.6 Å². The predicted octanol–water partition coefficient (Wildman–Crippen LogP) is 3.10. The van der Waals surface area contributed by atoms with Crippen LogP contribution in [-0.4, -0.2) is 34.6 Å². The highest BCUT2D eigenvalue weighted by atomic mass is 32.1. The van der Waals surface area contributed by atoms with Crippen molar-refractivity contribution in [3.8, 4) is 0 Å². The van der Waals surface area contributed by atoms with Gasteiger partial charge in [-0.1, -0.05) is 6.92 Å². The second-order valence-corrected chi connectivity index (χ2v) is 5.10. The van der Waals surface area contributed by atoms with Crippen molar-refractivity contribution < 1.29 is 14.7 Å². The minimum atomic E-state index is -1.03. The van der Waals surface area contributed by atoms with E-state index in [9.17, 15) is 9.59 Å². The zero-order valence-electron chi connectivity index (χ0n) is 10.8. The van der Waals surface area contributed by atoms with E-state index >= 15 is 0 Å². The van der Waals surface area contributed by atoms with E-state index in [0.29, 0.717) is 11.5 Å². The highest BCUT2D eigenvalue weighted by molar-refractivity contribution is 7.14. The highest BCUT2D eigenvalue weighted by Crippen LogP contribution is 2.23. The third-order valence-electron chi connectivity index (χ3n) is 2.46. The van der Waals surface area contributed by atoms with Crippen LogP contribution in [0.3, 0.4) is 0 Å². The molecule has 1 aromatic heterocycles. The lowest BCUT2D eigenvalue weighted by molar-refractivity contribution is 0.0698. The van der Waals surface area contributed by atoms with Crippen LogP contribution in [0.1, 0.15) is 37.6 Å². The summed E-state index contributed by atoms with van der Waals surface area (Å²) in [4.78, 5) is 24.7. The molecule has 0 unspecified atom stereocenters. The second-order valence-electron chi connectivity index (χ2n) is 4.19. The number of carbonyl (C=O) groups is 2. The van der Waals surface area contributed by atoms with Crippen molar-refractivity contribution in [2.24, 2.45) is 0 Å². The number of urea groups is 1. The number of rotatable bonds is 5. The average Bonchev–Trinajstić information content (AvgIpc) is 2.73. The summed E-state index contributed by atoms with van der Waals surface area (Å²) < 4.78 is 0. The van der Waals surface area contributed by atoms with Gasteiger partial charge in [0.25, 0.3) is 0 Å². The SMILES string of the molecule is CCCN(C(=O)Nc1sccc1C(=O)O)C(C)C. The molecule has 100 valence electrons. The maximum atomic E-state index is 12.0. The first-order valence-electron chi connectivity index (χ1n) is 5.85. The largest absolute Gasteiger partial charge is 0.478 e. The summed E-state index contributed by atoms with van der Waals surface area (Å²) in [5, 5.41) is 13.7. The van der Waals surface area contributed by atoms with Crippen LogP contribution in [0.5, 0.6) is 0 Å². The van der Waals surface area contributed by atoms with Gasteiger partial charge in [-0.2, -0.15) is 0 Å².